The predicted molar refractivity (Wildman–Crippen MR) is 97.0 cm³/mol. The molecule has 5 nitrogen and oxygen atoms in total. The lowest BCUT2D eigenvalue weighted by Gasteiger charge is -2.11. The molecule has 0 saturated heterocycles. The van der Waals surface area contributed by atoms with E-state index in [9.17, 15) is 4.79 Å². The summed E-state index contributed by atoms with van der Waals surface area (Å²) >= 11 is 8.42. The summed E-state index contributed by atoms with van der Waals surface area (Å²) in [5, 5.41) is 5.66. The first-order valence-corrected chi connectivity index (χ1v) is 7.90. The van der Waals surface area contributed by atoms with Gasteiger partial charge in [0, 0.05) is 16.2 Å². The lowest BCUT2D eigenvalue weighted by atomic mass is 10.3. The highest BCUT2D eigenvalue weighted by atomic mass is 79.9. The Labute approximate surface area is 148 Å². The van der Waals surface area contributed by atoms with Crippen LogP contribution in [0.5, 0.6) is 11.5 Å². The van der Waals surface area contributed by atoms with E-state index in [0.29, 0.717) is 11.5 Å². The molecule has 2 N–H and O–H groups in total. The van der Waals surface area contributed by atoms with Gasteiger partial charge in [-0.05, 0) is 48.6 Å². The van der Waals surface area contributed by atoms with E-state index < -0.39 is 0 Å². The number of amides is 1. The van der Waals surface area contributed by atoms with Gasteiger partial charge >= 0.3 is 0 Å². The Kier molecular flexibility index (Phi) is 6.37. The first-order valence-electron chi connectivity index (χ1n) is 6.70. The Balaban J connectivity index is 1.80. The summed E-state index contributed by atoms with van der Waals surface area (Å²) in [4.78, 5) is 11.8. The second-order valence-electron chi connectivity index (χ2n) is 4.48. The zero-order valence-electron chi connectivity index (χ0n) is 12.3. The predicted octanol–water partition coefficient (Wildman–Crippen LogP) is 3.35. The molecule has 0 bridgehead atoms. The first-order chi connectivity index (χ1) is 11.1. The number of anilines is 1. The van der Waals surface area contributed by atoms with Gasteiger partial charge in [-0.1, -0.05) is 22.0 Å². The number of rotatable bonds is 5. The second-order valence-corrected chi connectivity index (χ2v) is 5.80. The highest BCUT2D eigenvalue weighted by Crippen LogP contribution is 2.17. The van der Waals surface area contributed by atoms with Crippen molar-refractivity contribution in [3.8, 4) is 11.5 Å². The number of carbonyl (C=O) groups excluding carboxylic acids is 1. The molecule has 7 heteroatoms. The fraction of sp³-hybridized carbons (Fsp3) is 0.125. The van der Waals surface area contributed by atoms with Gasteiger partial charge in [-0.2, -0.15) is 0 Å². The normalized spacial score (nSPS) is 9.83. The third-order valence-corrected chi connectivity index (χ3v) is 3.50. The van der Waals surface area contributed by atoms with E-state index in [1.807, 2.05) is 30.3 Å². The number of benzene rings is 2. The van der Waals surface area contributed by atoms with E-state index in [1.54, 1.807) is 25.3 Å². The molecule has 23 heavy (non-hydrogen) atoms. The highest BCUT2D eigenvalue weighted by molar-refractivity contribution is 9.10. The van der Waals surface area contributed by atoms with Crippen molar-refractivity contribution < 1.29 is 14.3 Å². The summed E-state index contributed by atoms with van der Waals surface area (Å²) < 4.78 is 11.4. The Morgan fingerprint density at radius 3 is 2.61 bits per heavy atom. The van der Waals surface area contributed by atoms with Gasteiger partial charge in [0.05, 0.1) is 7.11 Å². The maximum atomic E-state index is 11.8. The lowest BCUT2D eigenvalue weighted by molar-refractivity contribution is -0.121. The van der Waals surface area contributed by atoms with Crippen LogP contribution in [0, 0.1) is 0 Å². The number of ether oxygens (including phenoxy) is 2. The number of thiocarbonyl (C=S) groups is 1. The number of methoxy groups -OCH3 is 1. The van der Waals surface area contributed by atoms with Crippen molar-refractivity contribution >= 4 is 44.9 Å². The third-order valence-electron chi connectivity index (χ3n) is 2.76. The lowest BCUT2D eigenvalue weighted by Crippen LogP contribution is -2.37. The van der Waals surface area contributed by atoms with Crippen LogP contribution in [0.3, 0.4) is 0 Å². The molecule has 0 atom stereocenters. The second kappa shape index (κ2) is 8.50. The van der Waals surface area contributed by atoms with Gasteiger partial charge in [0.2, 0.25) is 0 Å². The summed E-state index contributed by atoms with van der Waals surface area (Å²) in [5.74, 6) is 0.964. The molecule has 1 amide bonds. The van der Waals surface area contributed by atoms with Gasteiger partial charge in [0.15, 0.2) is 11.7 Å². The molecule has 0 spiro atoms. The molecule has 0 aliphatic rings. The first kappa shape index (κ1) is 17.2. The molecule has 0 saturated carbocycles. The number of nitrogens with one attached hydrogen (secondary N) is 2. The van der Waals surface area contributed by atoms with E-state index in [1.165, 1.54) is 0 Å². The molecule has 2 aromatic carbocycles. The Morgan fingerprint density at radius 2 is 1.91 bits per heavy atom. The zero-order chi connectivity index (χ0) is 16.7. The summed E-state index contributed by atoms with van der Waals surface area (Å²) in [7, 11) is 1.58. The van der Waals surface area contributed by atoms with Gasteiger partial charge in [-0.3, -0.25) is 10.1 Å². The maximum absolute atomic E-state index is 11.8. The van der Waals surface area contributed by atoms with Crippen LogP contribution in [0.4, 0.5) is 5.69 Å². The topological polar surface area (TPSA) is 59.6 Å². The van der Waals surface area contributed by atoms with Crippen molar-refractivity contribution in [2.24, 2.45) is 0 Å². The van der Waals surface area contributed by atoms with E-state index in [-0.39, 0.29) is 17.6 Å². The van der Waals surface area contributed by atoms with Crippen LogP contribution in [0.25, 0.3) is 0 Å². The molecule has 0 heterocycles. The SMILES string of the molecule is COc1cccc(NC(=S)NC(=O)COc2ccc(Br)cc2)c1. The smallest absolute Gasteiger partial charge is 0.264 e. The van der Waals surface area contributed by atoms with Gasteiger partial charge in [0.1, 0.15) is 11.5 Å². The van der Waals surface area contributed by atoms with Crippen LogP contribution in [-0.4, -0.2) is 24.7 Å². The van der Waals surface area contributed by atoms with Crippen LogP contribution < -0.4 is 20.1 Å². The van der Waals surface area contributed by atoms with Crippen molar-refractivity contribution in [2.75, 3.05) is 19.0 Å². The molecule has 120 valence electrons. The Bertz CT molecular complexity index is 692. The summed E-state index contributed by atoms with van der Waals surface area (Å²) in [6.07, 6.45) is 0. The quantitative estimate of drug-likeness (QED) is 0.761. The minimum atomic E-state index is -0.340. The van der Waals surface area contributed by atoms with E-state index in [4.69, 9.17) is 21.7 Å². The molecule has 0 fully saturated rings. The average molecular weight is 395 g/mol. The molecule has 0 aliphatic heterocycles. The van der Waals surface area contributed by atoms with Gasteiger partial charge in [-0.15, -0.1) is 0 Å². The van der Waals surface area contributed by atoms with Crippen molar-refractivity contribution in [1.29, 1.82) is 0 Å². The van der Waals surface area contributed by atoms with Crippen LogP contribution in [-0.2, 0) is 4.79 Å². The molecule has 0 radical (unpaired) electrons. The van der Waals surface area contributed by atoms with E-state index in [2.05, 4.69) is 26.6 Å². The van der Waals surface area contributed by atoms with Crippen LogP contribution in [0.1, 0.15) is 0 Å². The maximum Gasteiger partial charge on any atom is 0.264 e. The Hall–Kier alpha value is -2.12. The Morgan fingerprint density at radius 1 is 1.17 bits per heavy atom. The fourth-order valence-corrected chi connectivity index (χ4v) is 2.20. The largest absolute Gasteiger partial charge is 0.497 e. The highest BCUT2D eigenvalue weighted by Gasteiger charge is 2.06. The number of hydrogen-bond donors (Lipinski definition) is 2. The van der Waals surface area contributed by atoms with Crippen molar-refractivity contribution in [3.63, 3.8) is 0 Å². The monoisotopic (exact) mass is 394 g/mol. The fourth-order valence-electron chi connectivity index (χ4n) is 1.71. The standard InChI is InChI=1S/C16H15BrN2O3S/c1-21-14-4-2-3-12(9-14)18-16(23)19-15(20)10-22-13-7-5-11(17)6-8-13/h2-9H,10H2,1H3,(H2,18,19,20,23). The molecule has 2 aromatic rings. The van der Waals surface area contributed by atoms with Crippen molar-refractivity contribution in [2.45, 2.75) is 0 Å². The van der Waals surface area contributed by atoms with Gasteiger partial charge < -0.3 is 14.8 Å². The van der Waals surface area contributed by atoms with Crippen LogP contribution >= 0.6 is 28.1 Å². The summed E-state index contributed by atoms with van der Waals surface area (Å²) in [5.41, 5.74) is 0.725. The number of hydrogen-bond acceptors (Lipinski definition) is 4. The molecular weight excluding hydrogens is 380 g/mol. The molecule has 0 aromatic heterocycles. The van der Waals surface area contributed by atoms with E-state index in [0.717, 1.165) is 10.2 Å². The third kappa shape index (κ3) is 5.88. The van der Waals surface area contributed by atoms with E-state index >= 15 is 0 Å². The van der Waals surface area contributed by atoms with Crippen LogP contribution in [0.2, 0.25) is 0 Å². The minimum Gasteiger partial charge on any atom is -0.497 e. The number of halogens is 1. The zero-order valence-corrected chi connectivity index (χ0v) is 14.7. The minimum absolute atomic E-state index is 0.123. The molecule has 2 rings (SSSR count). The van der Waals surface area contributed by atoms with Crippen LogP contribution in [0.15, 0.2) is 53.0 Å². The summed E-state index contributed by atoms with van der Waals surface area (Å²) in [6, 6.07) is 14.4. The average Bonchev–Trinajstić information content (AvgIpc) is 2.54. The summed E-state index contributed by atoms with van der Waals surface area (Å²) in [6.45, 7) is -0.123. The van der Waals surface area contributed by atoms with Crippen molar-refractivity contribution in [3.05, 3.63) is 53.0 Å². The number of carbonyl (C=O) groups is 1. The molecule has 0 aliphatic carbocycles. The van der Waals surface area contributed by atoms with Gasteiger partial charge in [-0.25, -0.2) is 0 Å². The molecular formula is C16H15BrN2O3S. The van der Waals surface area contributed by atoms with Gasteiger partial charge in [0.25, 0.3) is 5.91 Å². The van der Waals surface area contributed by atoms with Crippen molar-refractivity contribution in [1.82, 2.24) is 5.32 Å². The molecule has 0 unspecified atom stereocenters.